The molecule has 0 aromatic heterocycles. The number of allylic oxidation sites excluding steroid dienone is 2. The highest BCUT2D eigenvalue weighted by Gasteiger charge is 1.92. The van der Waals surface area contributed by atoms with Gasteiger partial charge >= 0.3 is 0 Å². The van der Waals surface area contributed by atoms with E-state index in [-0.39, 0.29) is 0 Å². The van der Waals surface area contributed by atoms with Gasteiger partial charge in [0.2, 0.25) is 0 Å². The summed E-state index contributed by atoms with van der Waals surface area (Å²) in [6.45, 7) is 0. The second kappa shape index (κ2) is 2.48. The molecule has 0 unspecified atom stereocenters. The molecule has 0 atom stereocenters. The molecule has 0 N–H and O–H groups in total. The van der Waals surface area contributed by atoms with E-state index in [2.05, 4.69) is 12.2 Å². The smallest absolute Gasteiger partial charge is 0.0180 e. The molecule has 0 heterocycles. The number of rotatable bonds is 1. The topological polar surface area (TPSA) is 0 Å². The van der Waals surface area contributed by atoms with Gasteiger partial charge in [-0.2, -0.15) is 0 Å². The lowest BCUT2D eigenvalue weighted by molar-refractivity contribution is 1.49. The fourth-order valence-electron chi connectivity index (χ4n) is 0.476. The molecule has 0 amide bonds. The lowest BCUT2D eigenvalue weighted by Gasteiger charge is -2.07. The number of hydrogen-bond donors (Lipinski definition) is 0. The summed E-state index contributed by atoms with van der Waals surface area (Å²) in [7, 11) is 1.44. The van der Waals surface area contributed by atoms with Crippen molar-refractivity contribution in [1.29, 1.82) is 0 Å². The molecule has 0 spiro atoms. The third-order valence-corrected chi connectivity index (χ3v) is 2.03. The van der Waals surface area contributed by atoms with Gasteiger partial charge in [-0.1, -0.05) is 24.3 Å². The van der Waals surface area contributed by atoms with Crippen LogP contribution in [-0.2, 0) is 11.7 Å². The van der Waals surface area contributed by atoms with Gasteiger partial charge in [-0.3, -0.25) is 0 Å². The molecule has 0 fully saturated rings. The van der Waals surface area contributed by atoms with Crippen LogP contribution < -0.4 is 0 Å². The molecule has 0 radical (unpaired) electrons. The Morgan fingerprint density at radius 3 is 2.14 bits per heavy atom. The van der Waals surface area contributed by atoms with Crippen molar-refractivity contribution < 1.29 is 0 Å². The summed E-state index contributed by atoms with van der Waals surface area (Å²) in [5.41, 5.74) is 0. The van der Waals surface area contributed by atoms with Gasteiger partial charge in [0.1, 0.15) is 0 Å². The van der Waals surface area contributed by atoms with Crippen LogP contribution in [0.5, 0.6) is 0 Å². The predicted molar refractivity (Wildman–Crippen MR) is 37.0 cm³/mol. The molecule has 1 aliphatic carbocycles. The summed E-state index contributed by atoms with van der Waals surface area (Å²) in [5.74, 6) is 0. The third kappa shape index (κ3) is 1.28. The minimum Gasteiger partial charge on any atom is -0.718 e. The molecular weight excluding hydrogens is 124 g/mol. The van der Waals surface area contributed by atoms with Crippen LogP contribution in [0.15, 0.2) is 24.3 Å². The van der Waals surface area contributed by atoms with Gasteiger partial charge in [0.25, 0.3) is 0 Å². The van der Waals surface area contributed by atoms with E-state index < -0.39 is 0 Å². The Kier molecular flexibility index (Phi) is 1.88. The first-order valence-electron chi connectivity index (χ1n) is 2.07. The van der Waals surface area contributed by atoms with Gasteiger partial charge in [-0.25, -0.2) is 0 Å². The van der Waals surface area contributed by atoms with Gasteiger partial charge in [0.15, 0.2) is 0 Å². The largest absolute Gasteiger partial charge is 0.718 e. The summed E-state index contributed by atoms with van der Waals surface area (Å²) in [6.07, 6.45) is 8.20. The van der Waals surface area contributed by atoms with Crippen molar-refractivity contribution in [1.82, 2.24) is 0 Å². The van der Waals surface area contributed by atoms with Gasteiger partial charge < -0.3 is 22.5 Å². The molecule has 0 saturated heterocycles. The first-order chi connectivity index (χ1) is 3.43. The zero-order valence-corrected chi connectivity index (χ0v) is 5.34. The average Bonchev–Trinajstić information content (AvgIpc) is 2.14. The first kappa shape index (κ1) is 5.32. The van der Waals surface area contributed by atoms with E-state index in [0.29, 0.717) is 5.25 Å². The van der Waals surface area contributed by atoms with Crippen LogP contribution in [0.4, 0.5) is 0 Å². The summed E-state index contributed by atoms with van der Waals surface area (Å²) >= 11 is 4.73. The van der Waals surface area contributed by atoms with Crippen LogP contribution in [0, 0.1) is 0 Å². The van der Waals surface area contributed by atoms with E-state index in [1.54, 1.807) is 0 Å². The van der Waals surface area contributed by atoms with Crippen molar-refractivity contribution in [3.8, 4) is 0 Å². The Bertz CT molecular complexity index is 92.6. The minimum atomic E-state index is 0.468. The Hall–Kier alpha value is 0.180. The molecule has 0 bridgehead atoms. The predicted octanol–water partition coefficient (Wildman–Crippen LogP) is 1.68. The summed E-state index contributed by atoms with van der Waals surface area (Å²) in [4.78, 5) is 0. The summed E-state index contributed by atoms with van der Waals surface area (Å²) in [6, 6.07) is 0. The molecule has 38 valence electrons. The fraction of sp³-hybridized carbons (Fsp3) is 0.200. The normalized spacial score (nSPS) is 19.0. The fourth-order valence-corrected chi connectivity index (χ4v) is 1.17. The van der Waals surface area contributed by atoms with E-state index in [0.717, 1.165) is 0 Å². The van der Waals surface area contributed by atoms with E-state index >= 15 is 0 Å². The molecule has 0 aromatic carbocycles. The Labute approximate surface area is 52.5 Å². The average molecular weight is 129 g/mol. The molecule has 7 heavy (non-hydrogen) atoms. The monoisotopic (exact) mass is 129 g/mol. The van der Waals surface area contributed by atoms with E-state index in [1.165, 1.54) is 10.8 Å². The minimum absolute atomic E-state index is 0.468. The molecule has 0 aliphatic heterocycles. The van der Waals surface area contributed by atoms with Crippen LogP contribution in [0.2, 0.25) is 0 Å². The molecule has 0 aromatic rings. The maximum atomic E-state index is 4.73. The van der Waals surface area contributed by atoms with Gasteiger partial charge in [0.05, 0.1) is 0 Å². The van der Waals surface area contributed by atoms with Crippen molar-refractivity contribution >= 4 is 22.5 Å². The maximum Gasteiger partial charge on any atom is 0.0180 e. The second-order valence-electron chi connectivity index (χ2n) is 1.33. The van der Waals surface area contributed by atoms with Gasteiger partial charge in [-0.15, -0.1) is 0 Å². The van der Waals surface area contributed by atoms with Crippen molar-refractivity contribution in [3.63, 3.8) is 0 Å². The molecular formula is C5H5S2-. The third-order valence-electron chi connectivity index (χ3n) is 0.824. The lowest BCUT2D eigenvalue weighted by Crippen LogP contribution is -1.83. The Morgan fingerprint density at radius 2 is 1.86 bits per heavy atom. The van der Waals surface area contributed by atoms with Crippen LogP contribution in [-0.4, -0.2) is 5.25 Å². The zero-order valence-electron chi connectivity index (χ0n) is 3.70. The van der Waals surface area contributed by atoms with E-state index in [1.807, 2.05) is 12.2 Å². The number of hydrogen-bond acceptors (Lipinski definition) is 2. The van der Waals surface area contributed by atoms with Crippen molar-refractivity contribution in [3.05, 3.63) is 24.3 Å². The van der Waals surface area contributed by atoms with Crippen LogP contribution in [0.1, 0.15) is 0 Å². The standard InChI is InChI=1S/C5H6S2/c6-7-5-3-1-2-4-5/h1-6H/p-1. The molecule has 0 saturated carbocycles. The SMILES string of the molecule is [S-]SC1C=CC=C1. The van der Waals surface area contributed by atoms with Gasteiger partial charge in [-0.05, 0) is 0 Å². The quantitative estimate of drug-likeness (QED) is 0.390. The molecule has 1 aliphatic rings. The highest BCUT2D eigenvalue weighted by molar-refractivity contribution is 8.59. The lowest BCUT2D eigenvalue weighted by atomic mass is 10.5. The van der Waals surface area contributed by atoms with Gasteiger partial charge in [0, 0.05) is 5.25 Å². The first-order valence-corrected chi connectivity index (χ1v) is 3.87. The van der Waals surface area contributed by atoms with Crippen LogP contribution >= 0.6 is 10.8 Å². The Balaban J connectivity index is 2.44. The van der Waals surface area contributed by atoms with E-state index in [9.17, 15) is 0 Å². The molecule has 0 nitrogen and oxygen atoms in total. The highest BCUT2D eigenvalue weighted by atomic mass is 33.1. The van der Waals surface area contributed by atoms with Crippen LogP contribution in [0.3, 0.4) is 0 Å². The maximum absolute atomic E-state index is 4.73. The molecule has 1 rings (SSSR count). The highest BCUT2D eigenvalue weighted by Crippen LogP contribution is 2.14. The zero-order chi connectivity index (χ0) is 5.11. The van der Waals surface area contributed by atoms with Crippen molar-refractivity contribution in [2.75, 3.05) is 0 Å². The Morgan fingerprint density at radius 1 is 1.29 bits per heavy atom. The second-order valence-corrected chi connectivity index (χ2v) is 2.64. The van der Waals surface area contributed by atoms with Crippen molar-refractivity contribution in [2.45, 2.75) is 5.25 Å². The molecule has 2 heteroatoms. The summed E-state index contributed by atoms with van der Waals surface area (Å²) in [5, 5.41) is 0.468. The van der Waals surface area contributed by atoms with Crippen molar-refractivity contribution in [2.24, 2.45) is 0 Å². The van der Waals surface area contributed by atoms with E-state index in [4.69, 9.17) is 11.7 Å². The van der Waals surface area contributed by atoms with Crippen LogP contribution in [0.25, 0.3) is 0 Å². The summed E-state index contributed by atoms with van der Waals surface area (Å²) < 4.78 is 0.